The summed E-state index contributed by atoms with van der Waals surface area (Å²) in [7, 11) is 0. The lowest BCUT2D eigenvalue weighted by Gasteiger charge is -2.03. The van der Waals surface area contributed by atoms with E-state index < -0.39 is 0 Å². The van der Waals surface area contributed by atoms with Crippen molar-refractivity contribution >= 4 is 69.7 Å². The van der Waals surface area contributed by atoms with Gasteiger partial charge in [-0.1, -0.05) is 109 Å². The molecule has 0 spiro atoms. The van der Waals surface area contributed by atoms with Crippen LogP contribution < -0.4 is 0 Å². The minimum atomic E-state index is 0.968. The standard InChI is InChI=1S/C34H24N2S3/c1-3-11-25(12-4-1)15-7-9-17-27-19-23-31(37-27)29-21-22-30(34-33(29)35-39-36-34)32-24-20-28(38-32)18-10-8-16-26-13-5-2-6-14-26/h1-24H/b15-7+,16-8+,17-9+,18-10+. The van der Waals surface area contributed by atoms with E-state index in [0.717, 1.165) is 22.2 Å². The third-order valence-corrected chi connectivity index (χ3v) is 8.82. The molecule has 0 radical (unpaired) electrons. The minimum absolute atomic E-state index is 0.968. The summed E-state index contributed by atoms with van der Waals surface area (Å²) in [6.07, 6.45) is 16.9. The molecule has 0 aliphatic rings. The van der Waals surface area contributed by atoms with Gasteiger partial charge in [0.2, 0.25) is 0 Å². The lowest BCUT2D eigenvalue weighted by atomic mass is 10.1. The number of allylic oxidation sites excluding steroid dienone is 4. The van der Waals surface area contributed by atoms with Crippen molar-refractivity contribution in [1.82, 2.24) is 8.75 Å². The average molecular weight is 557 g/mol. The molecule has 0 aliphatic carbocycles. The third-order valence-electron chi connectivity index (χ3n) is 6.12. The molecule has 3 aromatic carbocycles. The maximum Gasteiger partial charge on any atom is 0.114 e. The second kappa shape index (κ2) is 12.1. The van der Waals surface area contributed by atoms with Crippen LogP contribution in [0.4, 0.5) is 0 Å². The second-order valence-corrected chi connectivity index (χ2v) is 11.5. The van der Waals surface area contributed by atoms with E-state index in [-0.39, 0.29) is 0 Å². The Hall–Kier alpha value is -4.16. The fourth-order valence-electron chi connectivity index (χ4n) is 4.20. The van der Waals surface area contributed by atoms with Gasteiger partial charge in [0.1, 0.15) is 11.0 Å². The lowest BCUT2D eigenvalue weighted by molar-refractivity contribution is 1.63. The fourth-order valence-corrected chi connectivity index (χ4v) is 6.67. The Bertz CT molecular complexity index is 1670. The van der Waals surface area contributed by atoms with E-state index in [1.807, 2.05) is 12.1 Å². The number of hydrogen-bond acceptors (Lipinski definition) is 5. The van der Waals surface area contributed by atoms with E-state index in [1.54, 1.807) is 22.7 Å². The molecular weight excluding hydrogens is 533 g/mol. The van der Waals surface area contributed by atoms with E-state index in [9.17, 15) is 0 Å². The minimum Gasteiger partial charge on any atom is -0.172 e. The van der Waals surface area contributed by atoms with Crippen LogP contribution in [0, 0.1) is 0 Å². The molecule has 188 valence electrons. The molecule has 0 saturated carbocycles. The zero-order valence-corrected chi connectivity index (χ0v) is 23.4. The number of nitrogens with zero attached hydrogens (tertiary/aromatic N) is 2. The number of benzene rings is 3. The average Bonchev–Trinajstić information content (AvgIpc) is 3.76. The number of fused-ring (bicyclic) bond motifs is 1. The van der Waals surface area contributed by atoms with Gasteiger partial charge in [-0.25, -0.2) is 0 Å². The Morgan fingerprint density at radius 1 is 0.436 bits per heavy atom. The maximum absolute atomic E-state index is 4.69. The number of rotatable bonds is 8. The molecule has 0 saturated heterocycles. The van der Waals surface area contributed by atoms with Crippen LogP contribution in [0.3, 0.4) is 0 Å². The molecule has 6 rings (SSSR count). The number of hydrogen-bond donors (Lipinski definition) is 0. The summed E-state index contributed by atoms with van der Waals surface area (Å²) in [4.78, 5) is 4.81. The number of thiophene rings is 2. The summed E-state index contributed by atoms with van der Waals surface area (Å²) in [6, 6.07) is 33.7. The summed E-state index contributed by atoms with van der Waals surface area (Å²) in [6.45, 7) is 0. The van der Waals surface area contributed by atoms with Crippen molar-refractivity contribution in [3.63, 3.8) is 0 Å². The Labute approximate surface area is 240 Å². The van der Waals surface area contributed by atoms with Gasteiger partial charge in [0, 0.05) is 30.6 Å². The van der Waals surface area contributed by atoms with Crippen molar-refractivity contribution in [3.05, 3.63) is 142 Å². The highest BCUT2D eigenvalue weighted by Gasteiger charge is 2.15. The lowest BCUT2D eigenvalue weighted by Crippen LogP contribution is -1.81. The molecule has 0 bridgehead atoms. The van der Waals surface area contributed by atoms with Crippen molar-refractivity contribution in [2.24, 2.45) is 0 Å². The molecule has 0 N–H and O–H groups in total. The first-order valence-electron chi connectivity index (χ1n) is 12.6. The Morgan fingerprint density at radius 3 is 1.33 bits per heavy atom. The van der Waals surface area contributed by atoms with Crippen LogP contribution in [-0.4, -0.2) is 8.75 Å². The molecule has 0 amide bonds. The van der Waals surface area contributed by atoms with Gasteiger partial charge in [-0.05, 0) is 47.5 Å². The van der Waals surface area contributed by atoms with Crippen LogP contribution in [-0.2, 0) is 0 Å². The van der Waals surface area contributed by atoms with Gasteiger partial charge in [-0.2, -0.15) is 8.75 Å². The van der Waals surface area contributed by atoms with Gasteiger partial charge in [-0.3, -0.25) is 0 Å². The zero-order chi connectivity index (χ0) is 26.3. The molecule has 5 heteroatoms. The van der Waals surface area contributed by atoms with Crippen LogP contribution in [0.5, 0.6) is 0 Å². The molecule has 0 unspecified atom stereocenters. The van der Waals surface area contributed by atoms with E-state index in [0.29, 0.717) is 0 Å². The Balaban J connectivity index is 1.19. The Kier molecular flexibility index (Phi) is 7.82. The SMILES string of the molecule is C(/C=C/c1ccc(-c2ccc(-c3ccc(/C=C/C=C/c4ccccc4)s3)c3nsnc23)s1)=C\c1ccccc1. The fraction of sp³-hybridized carbons (Fsp3) is 0. The monoisotopic (exact) mass is 556 g/mol. The summed E-state index contributed by atoms with van der Waals surface area (Å²) in [5, 5.41) is 0. The first-order valence-corrected chi connectivity index (χ1v) is 15.0. The van der Waals surface area contributed by atoms with E-state index >= 15 is 0 Å². The molecule has 0 aliphatic heterocycles. The van der Waals surface area contributed by atoms with E-state index in [2.05, 4.69) is 142 Å². The molecule has 0 atom stereocenters. The summed E-state index contributed by atoms with van der Waals surface area (Å²) in [5.41, 5.74) is 6.59. The largest absolute Gasteiger partial charge is 0.172 e. The van der Waals surface area contributed by atoms with Crippen molar-refractivity contribution in [3.8, 4) is 20.9 Å². The zero-order valence-electron chi connectivity index (χ0n) is 21.0. The maximum atomic E-state index is 4.69. The quantitative estimate of drug-likeness (QED) is 0.174. The summed E-state index contributed by atoms with van der Waals surface area (Å²) in [5.74, 6) is 0. The van der Waals surface area contributed by atoms with Gasteiger partial charge in [0.15, 0.2) is 0 Å². The molecule has 3 heterocycles. The molecule has 39 heavy (non-hydrogen) atoms. The highest BCUT2D eigenvalue weighted by molar-refractivity contribution is 7.17. The third kappa shape index (κ3) is 6.13. The van der Waals surface area contributed by atoms with E-state index in [1.165, 1.54) is 42.4 Å². The molecular formula is C34H24N2S3. The van der Waals surface area contributed by atoms with Gasteiger partial charge >= 0.3 is 0 Å². The topological polar surface area (TPSA) is 25.8 Å². The van der Waals surface area contributed by atoms with Crippen molar-refractivity contribution in [1.29, 1.82) is 0 Å². The first kappa shape index (κ1) is 25.1. The highest BCUT2D eigenvalue weighted by atomic mass is 32.1. The van der Waals surface area contributed by atoms with Crippen molar-refractivity contribution in [2.45, 2.75) is 0 Å². The van der Waals surface area contributed by atoms with Gasteiger partial charge in [0.25, 0.3) is 0 Å². The molecule has 3 aromatic heterocycles. The summed E-state index contributed by atoms with van der Waals surface area (Å²) >= 11 is 4.81. The molecule has 2 nitrogen and oxygen atoms in total. The molecule has 0 fully saturated rings. The Morgan fingerprint density at radius 2 is 0.872 bits per heavy atom. The normalized spacial score (nSPS) is 12.2. The predicted octanol–water partition coefficient (Wildman–Crippen LogP) is 10.6. The van der Waals surface area contributed by atoms with E-state index in [4.69, 9.17) is 0 Å². The highest BCUT2D eigenvalue weighted by Crippen LogP contribution is 2.39. The predicted molar refractivity (Wildman–Crippen MR) is 173 cm³/mol. The molecule has 6 aromatic rings. The van der Waals surface area contributed by atoms with Crippen LogP contribution in [0.1, 0.15) is 20.9 Å². The van der Waals surface area contributed by atoms with Gasteiger partial charge < -0.3 is 0 Å². The smallest absolute Gasteiger partial charge is 0.114 e. The van der Waals surface area contributed by atoms with Gasteiger partial charge in [-0.15, -0.1) is 22.7 Å². The summed E-state index contributed by atoms with van der Waals surface area (Å²) < 4.78 is 9.37. The second-order valence-electron chi connectivity index (χ2n) is 8.78. The van der Waals surface area contributed by atoms with Crippen molar-refractivity contribution < 1.29 is 0 Å². The van der Waals surface area contributed by atoms with Crippen molar-refractivity contribution in [2.75, 3.05) is 0 Å². The van der Waals surface area contributed by atoms with Crippen LogP contribution >= 0.6 is 34.4 Å². The van der Waals surface area contributed by atoms with Crippen LogP contribution in [0.15, 0.2) is 121 Å². The van der Waals surface area contributed by atoms with Crippen LogP contribution in [0.2, 0.25) is 0 Å². The number of aromatic nitrogens is 2. The van der Waals surface area contributed by atoms with Crippen LogP contribution in [0.25, 0.3) is 56.2 Å². The first-order chi connectivity index (χ1) is 19.3. The van der Waals surface area contributed by atoms with Gasteiger partial charge in [0.05, 0.1) is 11.7 Å².